The molecule has 4 rings (SSSR count). The normalized spacial score (nSPS) is 14.7. The number of fused-ring (bicyclic) bond motifs is 1. The monoisotopic (exact) mass is 394 g/mol. The number of carbonyl (C=O) groups is 2. The first kappa shape index (κ1) is 19.1. The molecule has 1 aliphatic carbocycles. The molecule has 0 saturated heterocycles. The summed E-state index contributed by atoms with van der Waals surface area (Å²) in [4.78, 5) is 29.9. The van der Waals surface area contributed by atoms with Gasteiger partial charge in [0.2, 0.25) is 5.82 Å². The molecule has 2 amide bonds. The van der Waals surface area contributed by atoms with E-state index in [1.54, 1.807) is 40.9 Å². The van der Waals surface area contributed by atoms with Gasteiger partial charge in [-0.05, 0) is 42.7 Å². The largest absolute Gasteiger partial charge is 0.347 e. The third kappa shape index (κ3) is 4.29. The maximum absolute atomic E-state index is 13.0. The van der Waals surface area contributed by atoms with Crippen molar-refractivity contribution < 1.29 is 14.0 Å². The fraction of sp³-hybridized carbons (Fsp3) is 0.318. The molecule has 2 heterocycles. The average Bonchev–Trinajstić information content (AvgIpc) is 3.14. The van der Waals surface area contributed by atoms with Gasteiger partial charge in [0.15, 0.2) is 5.69 Å². The summed E-state index contributed by atoms with van der Waals surface area (Å²) in [5.41, 5.74) is 1.54. The summed E-state index contributed by atoms with van der Waals surface area (Å²) in [5, 5.41) is 5.84. The molecule has 0 spiro atoms. The first-order valence-corrected chi connectivity index (χ1v) is 9.92. The maximum atomic E-state index is 13.0. The number of carbonyl (C=O) groups excluding carboxylic acids is 2. The second kappa shape index (κ2) is 8.43. The summed E-state index contributed by atoms with van der Waals surface area (Å²) in [6, 6.07) is 11.4. The molecule has 1 aromatic carbocycles. The van der Waals surface area contributed by atoms with Crippen LogP contribution >= 0.6 is 0 Å². The van der Waals surface area contributed by atoms with Crippen molar-refractivity contribution in [2.75, 3.05) is 0 Å². The zero-order chi connectivity index (χ0) is 20.2. The lowest BCUT2D eigenvalue weighted by Gasteiger charge is -2.22. The maximum Gasteiger partial charge on any atom is 0.287 e. The fourth-order valence-corrected chi connectivity index (χ4v) is 3.73. The number of halogens is 1. The first-order valence-electron chi connectivity index (χ1n) is 9.92. The Labute approximate surface area is 168 Å². The van der Waals surface area contributed by atoms with Crippen molar-refractivity contribution in [3.8, 4) is 0 Å². The number of hydrogen-bond donors (Lipinski definition) is 2. The topological polar surface area (TPSA) is 75.5 Å². The van der Waals surface area contributed by atoms with Gasteiger partial charge in [-0.1, -0.05) is 37.5 Å². The van der Waals surface area contributed by atoms with Crippen molar-refractivity contribution in [3.63, 3.8) is 0 Å². The molecule has 0 radical (unpaired) electrons. The predicted octanol–water partition coefficient (Wildman–Crippen LogP) is 3.47. The van der Waals surface area contributed by atoms with E-state index in [2.05, 4.69) is 15.6 Å². The van der Waals surface area contributed by atoms with Crippen LogP contribution < -0.4 is 10.6 Å². The highest BCUT2D eigenvalue weighted by Crippen LogP contribution is 2.19. The van der Waals surface area contributed by atoms with Gasteiger partial charge in [-0.3, -0.25) is 14.0 Å². The Morgan fingerprint density at radius 1 is 1.03 bits per heavy atom. The lowest BCUT2D eigenvalue weighted by molar-refractivity contribution is 0.0916. The minimum absolute atomic E-state index is 0.156. The van der Waals surface area contributed by atoms with E-state index < -0.39 is 0 Å². The van der Waals surface area contributed by atoms with Crippen LogP contribution in [0.5, 0.6) is 0 Å². The van der Waals surface area contributed by atoms with E-state index in [-0.39, 0.29) is 41.7 Å². The van der Waals surface area contributed by atoms with Crippen LogP contribution in [0, 0.1) is 5.82 Å². The van der Waals surface area contributed by atoms with Crippen LogP contribution in [0.1, 0.15) is 58.8 Å². The number of aromatic nitrogens is 2. The van der Waals surface area contributed by atoms with Gasteiger partial charge in [0, 0.05) is 18.8 Å². The minimum Gasteiger partial charge on any atom is -0.347 e. The van der Waals surface area contributed by atoms with E-state index >= 15 is 0 Å². The van der Waals surface area contributed by atoms with Crippen LogP contribution in [0.15, 0.2) is 48.7 Å². The molecule has 7 heteroatoms. The number of pyridine rings is 1. The van der Waals surface area contributed by atoms with Crippen molar-refractivity contribution in [1.82, 2.24) is 20.0 Å². The van der Waals surface area contributed by atoms with Crippen LogP contribution in [0.4, 0.5) is 4.39 Å². The zero-order valence-electron chi connectivity index (χ0n) is 16.0. The second-order valence-corrected chi connectivity index (χ2v) is 7.36. The van der Waals surface area contributed by atoms with Crippen LogP contribution in [-0.4, -0.2) is 27.2 Å². The summed E-state index contributed by atoms with van der Waals surface area (Å²) in [5.74, 6) is -0.766. The molecule has 1 fully saturated rings. The molecule has 0 aliphatic heterocycles. The first-order chi connectivity index (χ1) is 14.1. The van der Waals surface area contributed by atoms with Crippen LogP contribution in [0.2, 0.25) is 0 Å². The summed E-state index contributed by atoms with van der Waals surface area (Å²) in [7, 11) is 0. The Bertz CT molecular complexity index is 1020. The molecule has 0 bridgehead atoms. The minimum atomic E-state index is -0.380. The Morgan fingerprint density at radius 3 is 2.55 bits per heavy atom. The van der Waals surface area contributed by atoms with Gasteiger partial charge in [0.05, 0.1) is 5.52 Å². The lowest BCUT2D eigenvalue weighted by Crippen LogP contribution is -2.37. The molecule has 29 heavy (non-hydrogen) atoms. The smallest absolute Gasteiger partial charge is 0.287 e. The number of amides is 2. The highest BCUT2D eigenvalue weighted by atomic mass is 19.1. The van der Waals surface area contributed by atoms with E-state index in [9.17, 15) is 14.0 Å². The zero-order valence-corrected chi connectivity index (χ0v) is 16.0. The molecule has 2 aromatic heterocycles. The molecule has 150 valence electrons. The van der Waals surface area contributed by atoms with Crippen molar-refractivity contribution in [3.05, 3.63) is 71.6 Å². The molecule has 1 saturated carbocycles. The van der Waals surface area contributed by atoms with E-state index in [0.717, 1.165) is 31.2 Å². The van der Waals surface area contributed by atoms with Crippen molar-refractivity contribution in [2.45, 2.75) is 44.7 Å². The van der Waals surface area contributed by atoms with Gasteiger partial charge in [-0.2, -0.15) is 0 Å². The van der Waals surface area contributed by atoms with Gasteiger partial charge < -0.3 is 10.6 Å². The predicted molar refractivity (Wildman–Crippen MR) is 107 cm³/mol. The fourth-order valence-electron chi connectivity index (χ4n) is 3.73. The Morgan fingerprint density at radius 2 is 1.79 bits per heavy atom. The van der Waals surface area contributed by atoms with Gasteiger partial charge in [0.1, 0.15) is 5.82 Å². The highest BCUT2D eigenvalue weighted by molar-refractivity contribution is 6.02. The molecule has 0 unspecified atom stereocenters. The van der Waals surface area contributed by atoms with Crippen LogP contribution in [0.3, 0.4) is 0 Å². The van der Waals surface area contributed by atoms with Crippen LogP contribution in [-0.2, 0) is 6.54 Å². The van der Waals surface area contributed by atoms with Gasteiger partial charge in [0.25, 0.3) is 11.8 Å². The van der Waals surface area contributed by atoms with E-state index in [1.807, 2.05) is 0 Å². The quantitative estimate of drug-likeness (QED) is 0.696. The summed E-state index contributed by atoms with van der Waals surface area (Å²) in [6.45, 7) is 0.245. The van der Waals surface area contributed by atoms with E-state index in [4.69, 9.17) is 0 Å². The summed E-state index contributed by atoms with van der Waals surface area (Å²) in [6.07, 6.45) is 7.11. The molecule has 3 aromatic rings. The second-order valence-electron chi connectivity index (χ2n) is 7.36. The van der Waals surface area contributed by atoms with Gasteiger partial charge in [-0.25, -0.2) is 9.37 Å². The Hall–Kier alpha value is -3.22. The number of nitrogens with one attached hydrogen (secondary N) is 2. The summed E-state index contributed by atoms with van der Waals surface area (Å²) < 4.78 is 14.7. The van der Waals surface area contributed by atoms with Crippen molar-refractivity contribution in [2.24, 2.45) is 0 Å². The Kier molecular flexibility index (Phi) is 5.55. The average molecular weight is 394 g/mol. The Balaban J connectivity index is 1.53. The van der Waals surface area contributed by atoms with Crippen molar-refractivity contribution in [1.29, 1.82) is 0 Å². The SMILES string of the molecule is O=C(NCc1ccc(F)cc1)c1nc(C(=O)NC2CCCCC2)n2ccccc12. The standard InChI is InChI=1S/C22H23FN4O2/c23-16-11-9-15(10-12-16)14-24-21(28)19-18-8-4-5-13-27(18)20(26-19)22(29)25-17-6-2-1-3-7-17/h4-5,8-13,17H,1-3,6-7,14H2,(H,24,28)(H,25,29). The van der Waals surface area contributed by atoms with Gasteiger partial charge >= 0.3 is 0 Å². The third-order valence-corrected chi connectivity index (χ3v) is 5.27. The number of benzene rings is 1. The molecule has 0 atom stereocenters. The molecule has 2 N–H and O–H groups in total. The highest BCUT2D eigenvalue weighted by Gasteiger charge is 2.23. The van der Waals surface area contributed by atoms with E-state index in [0.29, 0.717) is 5.52 Å². The number of imidazole rings is 1. The molecular weight excluding hydrogens is 371 g/mol. The lowest BCUT2D eigenvalue weighted by atomic mass is 9.95. The van der Waals surface area contributed by atoms with Gasteiger partial charge in [-0.15, -0.1) is 0 Å². The number of hydrogen-bond acceptors (Lipinski definition) is 3. The van der Waals surface area contributed by atoms with E-state index in [1.165, 1.54) is 18.6 Å². The molecule has 1 aliphatic rings. The summed E-state index contributed by atoms with van der Waals surface area (Å²) >= 11 is 0. The molecule has 6 nitrogen and oxygen atoms in total. The molecular formula is C22H23FN4O2. The van der Waals surface area contributed by atoms with Crippen molar-refractivity contribution >= 4 is 17.3 Å². The third-order valence-electron chi connectivity index (χ3n) is 5.27. The van der Waals surface area contributed by atoms with Crippen LogP contribution in [0.25, 0.3) is 5.52 Å². The number of nitrogens with zero attached hydrogens (tertiary/aromatic N) is 2. The number of rotatable bonds is 5.